The molecule has 0 unspecified atom stereocenters. The molecule has 0 spiro atoms. The molecule has 0 radical (unpaired) electrons. The number of benzene rings is 1. The average Bonchev–Trinajstić information content (AvgIpc) is 2.30. The first-order chi connectivity index (χ1) is 6.81. The molecule has 1 heteroatoms. The van der Waals surface area contributed by atoms with Crippen molar-refractivity contribution in [1.82, 2.24) is 0 Å². The summed E-state index contributed by atoms with van der Waals surface area (Å²) in [6, 6.07) is 6.63. The Morgan fingerprint density at radius 1 is 1.07 bits per heavy atom. The topological polar surface area (TPSA) is 12.0 Å². The van der Waals surface area contributed by atoms with Crippen molar-refractivity contribution in [2.24, 2.45) is 0 Å². The zero-order valence-corrected chi connectivity index (χ0v) is 10.1. The first-order valence-corrected chi connectivity index (χ1v) is 5.61. The van der Waals surface area contributed by atoms with Gasteiger partial charge in [-0.05, 0) is 30.0 Å². The molecular weight excluding hydrogens is 170 g/mol. The third-order valence-corrected chi connectivity index (χ3v) is 2.23. The van der Waals surface area contributed by atoms with Crippen LogP contribution in [-0.4, -0.2) is 7.05 Å². The molecule has 0 aliphatic heterocycles. The Morgan fingerprint density at radius 3 is 2.14 bits per heavy atom. The number of hydrogen-bond donors (Lipinski definition) is 1. The monoisotopic (exact) mass is 193 g/mol. The second kappa shape index (κ2) is 7.43. The Hall–Kier alpha value is -0.980. The Bertz CT molecular complexity index is 253. The van der Waals surface area contributed by atoms with Gasteiger partial charge in [0.15, 0.2) is 0 Å². The van der Waals surface area contributed by atoms with Crippen molar-refractivity contribution in [1.29, 1.82) is 0 Å². The second-order valence-electron chi connectivity index (χ2n) is 2.95. The third-order valence-electron chi connectivity index (χ3n) is 2.23. The van der Waals surface area contributed by atoms with Gasteiger partial charge >= 0.3 is 0 Å². The van der Waals surface area contributed by atoms with Crippen molar-refractivity contribution in [3.05, 3.63) is 29.3 Å². The van der Waals surface area contributed by atoms with Gasteiger partial charge in [-0.15, -0.1) is 0 Å². The molecule has 0 amide bonds. The first-order valence-electron chi connectivity index (χ1n) is 5.61. The van der Waals surface area contributed by atoms with Crippen molar-refractivity contribution in [3.8, 4) is 0 Å². The molecule has 1 aromatic carbocycles. The van der Waals surface area contributed by atoms with E-state index in [0.29, 0.717) is 0 Å². The summed E-state index contributed by atoms with van der Waals surface area (Å²) in [6.45, 7) is 8.38. The molecule has 1 rings (SSSR count). The minimum absolute atomic E-state index is 1.10. The minimum atomic E-state index is 1.10. The number of aryl methyl sites for hydroxylation is 2. The third kappa shape index (κ3) is 3.41. The van der Waals surface area contributed by atoms with Crippen LogP contribution in [0.3, 0.4) is 0 Å². The van der Waals surface area contributed by atoms with Crippen LogP contribution >= 0.6 is 0 Å². The van der Waals surface area contributed by atoms with Gasteiger partial charge in [0.05, 0.1) is 0 Å². The van der Waals surface area contributed by atoms with Gasteiger partial charge in [-0.3, -0.25) is 0 Å². The van der Waals surface area contributed by atoms with Crippen molar-refractivity contribution >= 4 is 5.69 Å². The summed E-state index contributed by atoms with van der Waals surface area (Å²) >= 11 is 0. The molecule has 0 aliphatic carbocycles. The summed E-state index contributed by atoms with van der Waals surface area (Å²) in [6.07, 6.45) is 2.22. The molecule has 0 aromatic heterocycles. The molecular formula is C13H23N. The maximum absolute atomic E-state index is 3.20. The molecule has 0 fully saturated rings. The summed E-state index contributed by atoms with van der Waals surface area (Å²) in [5.41, 5.74) is 4.09. The van der Waals surface area contributed by atoms with Gasteiger partial charge in [0.25, 0.3) is 0 Å². The Morgan fingerprint density at radius 2 is 1.71 bits per heavy atom. The molecule has 14 heavy (non-hydrogen) atoms. The normalized spacial score (nSPS) is 8.93. The lowest BCUT2D eigenvalue weighted by molar-refractivity contribution is 1.09. The van der Waals surface area contributed by atoms with E-state index < -0.39 is 0 Å². The lowest BCUT2D eigenvalue weighted by Crippen LogP contribution is -1.95. The summed E-state index contributed by atoms with van der Waals surface area (Å²) in [7, 11) is 1.97. The van der Waals surface area contributed by atoms with E-state index in [1.165, 1.54) is 16.8 Å². The van der Waals surface area contributed by atoms with Crippen molar-refractivity contribution in [2.75, 3.05) is 12.4 Å². The van der Waals surface area contributed by atoms with Crippen LogP contribution in [0.4, 0.5) is 5.69 Å². The van der Waals surface area contributed by atoms with Crippen LogP contribution in [0, 0.1) is 0 Å². The van der Waals surface area contributed by atoms with Gasteiger partial charge in [0.1, 0.15) is 0 Å². The molecule has 0 saturated carbocycles. The summed E-state index contributed by atoms with van der Waals surface area (Å²) in [4.78, 5) is 0. The fourth-order valence-corrected chi connectivity index (χ4v) is 1.40. The predicted octanol–water partition coefficient (Wildman–Crippen LogP) is 3.88. The van der Waals surface area contributed by atoms with Gasteiger partial charge in [-0.2, -0.15) is 0 Å². The molecule has 1 aromatic rings. The van der Waals surface area contributed by atoms with Gasteiger partial charge in [-0.1, -0.05) is 39.8 Å². The van der Waals surface area contributed by atoms with E-state index >= 15 is 0 Å². The molecule has 0 saturated heterocycles. The van der Waals surface area contributed by atoms with Crippen molar-refractivity contribution in [3.63, 3.8) is 0 Å². The molecule has 0 heterocycles. The average molecular weight is 193 g/mol. The Balaban J connectivity index is 0.000000791. The maximum atomic E-state index is 3.20. The van der Waals surface area contributed by atoms with E-state index in [1.54, 1.807) is 0 Å². The van der Waals surface area contributed by atoms with Crippen LogP contribution in [0.15, 0.2) is 18.2 Å². The summed E-state index contributed by atoms with van der Waals surface area (Å²) in [5.74, 6) is 0. The fourth-order valence-electron chi connectivity index (χ4n) is 1.40. The smallest absolute Gasteiger partial charge is 0.0370 e. The van der Waals surface area contributed by atoms with E-state index in [4.69, 9.17) is 0 Å². The van der Waals surface area contributed by atoms with E-state index in [1.807, 2.05) is 20.9 Å². The Kier molecular flexibility index (Phi) is 6.91. The van der Waals surface area contributed by atoms with Gasteiger partial charge < -0.3 is 5.32 Å². The van der Waals surface area contributed by atoms with Crippen LogP contribution < -0.4 is 5.32 Å². The van der Waals surface area contributed by atoms with Crippen molar-refractivity contribution in [2.45, 2.75) is 40.5 Å². The number of hydrogen-bond acceptors (Lipinski definition) is 1. The predicted molar refractivity (Wildman–Crippen MR) is 66.1 cm³/mol. The highest BCUT2D eigenvalue weighted by molar-refractivity contribution is 5.52. The molecule has 0 atom stereocenters. The van der Waals surface area contributed by atoms with Crippen LogP contribution in [0.2, 0.25) is 0 Å². The highest BCUT2D eigenvalue weighted by Crippen LogP contribution is 2.17. The van der Waals surface area contributed by atoms with Gasteiger partial charge in [0, 0.05) is 12.7 Å². The van der Waals surface area contributed by atoms with E-state index in [0.717, 1.165) is 12.8 Å². The van der Waals surface area contributed by atoms with Gasteiger partial charge in [0.2, 0.25) is 0 Å². The molecule has 0 aliphatic rings. The van der Waals surface area contributed by atoms with Crippen LogP contribution in [0.5, 0.6) is 0 Å². The maximum Gasteiger partial charge on any atom is 0.0370 e. The quantitative estimate of drug-likeness (QED) is 0.768. The van der Waals surface area contributed by atoms with E-state index in [9.17, 15) is 0 Å². The van der Waals surface area contributed by atoms with E-state index in [-0.39, 0.29) is 0 Å². The number of anilines is 1. The molecule has 1 N–H and O–H groups in total. The standard InChI is InChI=1S/C11H17N.C2H6/c1-4-9-6-7-11(12-3)10(5-2)8-9;1-2/h6-8,12H,4-5H2,1-3H3;1-2H3. The van der Waals surface area contributed by atoms with Crippen molar-refractivity contribution < 1.29 is 0 Å². The zero-order valence-electron chi connectivity index (χ0n) is 10.1. The summed E-state index contributed by atoms with van der Waals surface area (Å²) in [5, 5.41) is 3.20. The Labute approximate surface area is 88.5 Å². The summed E-state index contributed by atoms with van der Waals surface area (Å²) < 4.78 is 0. The largest absolute Gasteiger partial charge is 0.388 e. The van der Waals surface area contributed by atoms with Gasteiger partial charge in [-0.25, -0.2) is 0 Å². The molecule has 1 nitrogen and oxygen atoms in total. The number of rotatable bonds is 3. The minimum Gasteiger partial charge on any atom is -0.388 e. The lowest BCUT2D eigenvalue weighted by atomic mass is 10.0. The van der Waals surface area contributed by atoms with Crippen LogP contribution in [0.25, 0.3) is 0 Å². The first kappa shape index (κ1) is 13.0. The molecule has 80 valence electrons. The zero-order chi connectivity index (χ0) is 11.0. The van der Waals surface area contributed by atoms with Crippen LogP contribution in [-0.2, 0) is 12.8 Å². The molecule has 0 bridgehead atoms. The highest BCUT2D eigenvalue weighted by Gasteiger charge is 1.98. The SMILES string of the molecule is CC.CCc1ccc(NC)c(CC)c1. The number of nitrogens with one attached hydrogen (secondary N) is 1. The second-order valence-corrected chi connectivity index (χ2v) is 2.95. The lowest BCUT2D eigenvalue weighted by Gasteiger charge is -2.08. The highest BCUT2D eigenvalue weighted by atomic mass is 14.8. The fraction of sp³-hybridized carbons (Fsp3) is 0.538. The van der Waals surface area contributed by atoms with E-state index in [2.05, 4.69) is 37.4 Å². The van der Waals surface area contributed by atoms with Crippen LogP contribution in [0.1, 0.15) is 38.8 Å².